The van der Waals surface area contributed by atoms with Crippen molar-refractivity contribution in [3.63, 3.8) is 0 Å². The van der Waals surface area contributed by atoms with Gasteiger partial charge >= 0.3 is 6.09 Å². The number of hydrogen-bond donors (Lipinski definition) is 1. The van der Waals surface area contributed by atoms with Gasteiger partial charge in [0.25, 0.3) is 5.91 Å². The third-order valence-electron chi connectivity index (χ3n) is 4.16. The highest BCUT2D eigenvalue weighted by Gasteiger charge is 2.28. The zero-order valence-electron chi connectivity index (χ0n) is 15.7. The largest absolute Gasteiger partial charge is 0.496 e. The van der Waals surface area contributed by atoms with Crippen LogP contribution in [0.15, 0.2) is 18.2 Å². The number of methoxy groups -OCH3 is 1. The minimum absolute atomic E-state index is 0.00179. The van der Waals surface area contributed by atoms with Crippen molar-refractivity contribution in [3.8, 4) is 5.75 Å². The summed E-state index contributed by atoms with van der Waals surface area (Å²) in [4.78, 5) is 26.2. The van der Waals surface area contributed by atoms with E-state index in [1.54, 1.807) is 13.2 Å². The summed E-state index contributed by atoms with van der Waals surface area (Å²) in [7, 11) is 1.60. The number of likely N-dealkylation sites (tertiary alicyclic amines) is 1. The highest BCUT2D eigenvalue weighted by atomic mass is 16.6. The fourth-order valence-corrected chi connectivity index (χ4v) is 2.86. The van der Waals surface area contributed by atoms with Crippen molar-refractivity contribution in [3.05, 3.63) is 29.3 Å². The summed E-state index contributed by atoms with van der Waals surface area (Å²) < 4.78 is 10.5. The zero-order valence-corrected chi connectivity index (χ0v) is 15.7. The number of amides is 2. The van der Waals surface area contributed by atoms with Gasteiger partial charge in [-0.15, -0.1) is 0 Å². The summed E-state index contributed by atoms with van der Waals surface area (Å²) >= 11 is 0. The molecule has 0 unspecified atom stereocenters. The average Bonchev–Trinajstić information content (AvgIpc) is 3.00. The first-order chi connectivity index (χ1) is 11.7. The van der Waals surface area contributed by atoms with Crippen molar-refractivity contribution in [2.75, 3.05) is 26.7 Å². The van der Waals surface area contributed by atoms with Crippen LogP contribution < -0.4 is 10.1 Å². The molecule has 0 spiro atoms. The summed E-state index contributed by atoms with van der Waals surface area (Å²) in [6, 6.07) is 5.50. The maximum absolute atomic E-state index is 12.7. The van der Waals surface area contributed by atoms with Crippen molar-refractivity contribution in [2.24, 2.45) is 5.92 Å². The maximum Gasteiger partial charge on any atom is 0.407 e. The van der Waals surface area contributed by atoms with Crippen LogP contribution in [-0.2, 0) is 4.74 Å². The molecule has 2 amide bonds. The van der Waals surface area contributed by atoms with Gasteiger partial charge in [-0.1, -0.05) is 6.07 Å². The monoisotopic (exact) mass is 348 g/mol. The molecule has 1 atom stereocenters. The molecular formula is C19H28N2O4. The number of aryl methyl sites for hydroxylation is 1. The molecule has 1 aromatic carbocycles. The first-order valence-corrected chi connectivity index (χ1v) is 8.60. The Balaban J connectivity index is 1.88. The van der Waals surface area contributed by atoms with Gasteiger partial charge in [0.15, 0.2) is 0 Å². The van der Waals surface area contributed by atoms with E-state index in [0.29, 0.717) is 30.9 Å². The average molecular weight is 348 g/mol. The predicted octanol–water partition coefficient (Wildman–Crippen LogP) is 2.99. The van der Waals surface area contributed by atoms with Crippen LogP contribution in [0.25, 0.3) is 0 Å². The van der Waals surface area contributed by atoms with E-state index in [9.17, 15) is 9.59 Å². The van der Waals surface area contributed by atoms with Crippen LogP contribution in [0.1, 0.15) is 43.1 Å². The lowest BCUT2D eigenvalue weighted by Crippen LogP contribution is -2.36. The molecule has 0 bridgehead atoms. The van der Waals surface area contributed by atoms with Gasteiger partial charge in [-0.05, 0) is 57.7 Å². The first-order valence-electron chi connectivity index (χ1n) is 8.60. The summed E-state index contributed by atoms with van der Waals surface area (Å²) in [5.41, 5.74) is 1.12. The standard InChI is InChI=1S/C19H28N2O4/c1-13-6-7-15(10-16(13)24-5)17(22)21-9-8-14(12-21)11-20-18(23)25-19(2,3)4/h6-7,10,14H,8-9,11-12H2,1-5H3,(H,20,23)/t14-/m1/s1. The van der Waals surface area contributed by atoms with Crippen molar-refractivity contribution in [2.45, 2.75) is 39.7 Å². The number of rotatable bonds is 4. The van der Waals surface area contributed by atoms with Crippen LogP contribution >= 0.6 is 0 Å². The quantitative estimate of drug-likeness (QED) is 0.908. The highest BCUT2D eigenvalue weighted by molar-refractivity contribution is 5.95. The molecule has 2 rings (SSSR count). The van der Waals surface area contributed by atoms with E-state index in [4.69, 9.17) is 9.47 Å². The fourth-order valence-electron chi connectivity index (χ4n) is 2.86. The third-order valence-corrected chi connectivity index (χ3v) is 4.16. The van der Waals surface area contributed by atoms with Gasteiger partial charge in [-0.25, -0.2) is 4.79 Å². The molecule has 1 fully saturated rings. The predicted molar refractivity (Wildman–Crippen MR) is 96.0 cm³/mol. The molecule has 1 aromatic rings. The Kier molecular flexibility index (Phi) is 5.93. The summed E-state index contributed by atoms with van der Waals surface area (Å²) in [5.74, 6) is 0.954. The lowest BCUT2D eigenvalue weighted by molar-refractivity contribution is 0.0520. The van der Waals surface area contributed by atoms with Gasteiger partial charge in [-0.2, -0.15) is 0 Å². The fraction of sp³-hybridized carbons (Fsp3) is 0.579. The topological polar surface area (TPSA) is 67.9 Å². The van der Waals surface area contributed by atoms with E-state index >= 15 is 0 Å². The lowest BCUT2D eigenvalue weighted by Gasteiger charge is -2.21. The Bertz CT molecular complexity index is 637. The number of nitrogens with one attached hydrogen (secondary N) is 1. The Morgan fingerprint density at radius 1 is 1.32 bits per heavy atom. The molecule has 1 aliphatic heterocycles. The van der Waals surface area contributed by atoms with E-state index in [1.807, 2.05) is 44.7 Å². The Morgan fingerprint density at radius 2 is 2.04 bits per heavy atom. The molecule has 25 heavy (non-hydrogen) atoms. The van der Waals surface area contributed by atoms with Crippen LogP contribution in [0.5, 0.6) is 5.75 Å². The maximum atomic E-state index is 12.7. The second kappa shape index (κ2) is 7.76. The van der Waals surface area contributed by atoms with Crippen molar-refractivity contribution >= 4 is 12.0 Å². The molecule has 1 N–H and O–H groups in total. The second-order valence-electron chi connectivity index (χ2n) is 7.47. The van der Waals surface area contributed by atoms with E-state index in [0.717, 1.165) is 12.0 Å². The van der Waals surface area contributed by atoms with Gasteiger partial charge in [0.1, 0.15) is 11.4 Å². The molecule has 0 radical (unpaired) electrons. The van der Waals surface area contributed by atoms with Crippen LogP contribution in [0.2, 0.25) is 0 Å². The minimum atomic E-state index is -0.508. The first kappa shape index (κ1) is 19.1. The summed E-state index contributed by atoms with van der Waals surface area (Å²) in [6.45, 7) is 9.27. The van der Waals surface area contributed by atoms with Gasteiger partial charge < -0.3 is 19.7 Å². The summed E-state index contributed by atoms with van der Waals surface area (Å²) in [5, 5.41) is 2.79. The number of carbonyl (C=O) groups is 2. The zero-order chi connectivity index (χ0) is 18.6. The molecule has 6 heteroatoms. The minimum Gasteiger partial charge on any atom is -0.496 e. The number of carbonyl (C=O) groups excluding carboxylic acids is 2. The molecule has 1 heterocycles. The summed E-state index contributed by atoms with van der Waals surface area (Å²) in [6.07, 6.45) is 0.449. The smallest absolute Gasteiger partial charge is 0.407 e. The molecule has 6 nitrogen and oxygen atoms in total. The van der Waals surface area contributed by atoms with Crippen molar-refractivity contribution in [1.29, 1.82) is 0 Å². The number of nitrogens with zero attached hydrogens (tertiary/aromatic N) is 1. The van der Waals surface area contributed by atoms with Crippen LogP contribution in [-0.4, -0.2) is 49.2 Å². The van der Waals surface area contributed by atoms with Crippen molar-refractivity contribution in [1.82, 2.24) is 10.2 Å². The van der Waals surface area contributed by atoms with Gasteiger partial charge in [0.2, 0.25) is 0 Å². The molecule has 0 aliphatic carbocycles. The highest BCUT2D eigenvalue weighted by Crippen LogP contribution is 2.23. The molecular weight excluding hydrogens is 320 g/mol. The number of alkyl carbamates (subject to hydrolysis) is 1. The Labute approximate surface area is 149 Å². The molecule has 0 aromatic heterocycles. The SMILES string of the molecule is COc1cc(C(=O)N2CC[C@H](CNC(=O)OC(C)(C)C)C2)ccc1C. The second-order valence-corrected chi connectivity index (χ2v) is 7.47. The van der Waals surface area contributed by atoms with E-state index in [2.05, 4.69) is 5.32 Å². The van der Waals surface area contributed by atoms with E-state index in [1.165, 1.54) is 0 Å². The Hall–Kier alpha value is -2.24. The van der Waals surface area contributed by atoms with Crippen molar-refractivity contribution < 1.29 is 19.1 Å². The molecule has 0 saturated carbocycles. The number of benzene rings is 1. The normalized spacial score (nSPS) is 17.3. The third kappa shape index (κ3) is 5.37. The molecule has 138 valence electrons. The lowest BCUT2D eigenvalue weighted by atomic mass is 10.1. The number of ether oxygens (including phenoxy) is 2. The van der Waals surface area contributed by atoms with Crippen LogP contribution in [0.3, 0.4) is 0 Å². The van der Waals surface area contributed by atoms with Gasteiger partial charge in [0, 0.05) is 25.2 Å². The van der Waals surface area contributed by atoms with Gasteiger partial charge in [0.05, 0.1) is 7.11 Å². The van der Waals surface area contributed by atoms with E-state index in [-0.39, 0.29) is 11.8 Å². The van der Waals surface area contributed by atoms with E-state index < -0.39 is 11.7 Å². The molecule has 1 aliphatic rings. The van der Waals surface area contributed by atoms with Crippen LogP contribution in [0.4, 0.5) is 4.79 Å². The van der Waals surface area contributed by atoms with Gasteiger partial charge in [-0.3, -0.25) is 4.79 Å². The number of hydrogen-bond acceptors (Lipinski definition) is 4. The molecule has 1 saturated heterocycles. The van der Waals surface area contributed by atoms with Crippen LogP contribution in [0, 0.1) is 12.8 Å². The Morgan fingerprint density at radius 3 is 2.68 bits per heavy atom.